The van der Waals surface area contributed by atoms with Crippen LogP contribution in [0.4, 0.5) is 0 Å². The Hall–Kier alpha value is -0.120. The Kier molecular flexibility index (Phi) is 4.00. The Balaban J connectivity index is 1.85. The molecule has 0 aromatic heterocycles. The number of hydrogen-bond donors (Lipinski definition) is 1. The van der Waals surface area contributed by atoms with E-state index in [2.05, 4.69) is 4.90 Å². The quantitative estimate of drug-likeness (QED) is 0.768. The Bertz CT molecular complexity index is 185. The first kappa shape index (κ1) is 11.4. The molecule has 3 heteroatoms. The third-order valence-electron chi connectivity index (χ3n) is 3.73. The van der Waals surface area contributed by atoms with E-state index in [9.17, 15) is 0 Å². The standard InChI is InChI=1S/C12H24N2O/c13-7-4-9-14-8-3-6-12(11-14)5-1-2-10-15-12/h1-11,13H2. The van der Waals surface area contributed by atoms with Gasteiger partial charge in [0.1, 0.15) is 0 Å². The predicted molar refractivity (Wildman–Crippen MR) is 61.9 cm³/mol. The van der Waals surface area contributed by atoms with Crippen molar-refractivity contribution in [1.82, 2.24) is 4.90 Å². The lowest BCUT2D eigenvalue weighted by molar-refractivity contribution is -0.116. The van der Waals surface area contributed by atoms with Crippen LogP contribution < -0.4 is 5.73 Å². The van der Waals surface area contributed by atoms with Crippen molar-refractivity contribution in [2.24, 2.45) is 5.73 Å². The summed E-state index contributed by atoms with van der Waals surface area (Å²) in [5, 5.41) is 0. The first-order chi connectivity index (χ1) is 7.35. The Morgan fingerprint density at radius 2 is 2.07 bits per heavy atom. The molecule has 2 aliphatic heterocycles. The van der Waals surface area contributed by atoms with Crippen LogP contribution >= 0.6 is 0 Å². The van der Waals surface area contributed by atoms with Crippen LogP contribution in [0.2, 0.25) is 0 Å². The number of nitrogens with zero attached hydrogens (tertiary/aromatic N) is 1. The van der Waals surface area contributed by atoms with E-state index in [4.69, 9.17) is 10.5 Å². The summed E-state index contributed by atoms with van der Waals surface area (Å²) < 4.78 is 6.04. The van der Waals surface area contributed by atoms with Crippen LogP contribution in [-0.2, 0) is 4.74 Å². The lowest BCUT2D eigenvalue weighted by atomic mass is 9.86. The van der Waals surface area contributed by atoms with Crippen LogP contribution in [0.15, 0.2) is 0 Å². The molecule has 0 bridgehead atoms. The van der Waals surface area contributed by atoms with Crippen LogP contribution in [-0.4, -0.2) is 43.3 Å². The summed E-state index contributed by atoms with van der Waals surface area (Å²) in [5.74, 6) is 0. The lowest BCUT2D eigenvalue weighted by Crippen LogP contribution is -2.51. The molecule has 15 heavy (non-hydrogen) atoms. The smallest absolute Gasteiger partial charge is 0.0809 e. The predicted octanol–water partition coefficient (Wildman–Crippen LogP) is 1.37. The average molecular weight is 212 g/mol. The summed E-state index contributed by atoms with van der Waals surface area (Å²) >= 11 is 0. The molecule has 2 saturated heterocycles. The molecule has 1 atom stereocenters. The molecule has 2 aliphatic rings. The fourth-order valence-electron chi connectivity index (χ4n) is 2.93. The number of hydrogen-bond acceptors (Lipinski definition) is 3. The van der Waals surface area contributed by atoms with Crippen molar-refractivity contribution in [2.45, 2.75) is 44.1 Å². The second kappa shape index (κ2) is 5.28. The molecular formula is C12H24N2O. The summed E-state index contributed by atoms with van der Waals surface area (Å²) in [6.45, 7) is 5.33. The van der Waals surface area contributed by atoms with Gasteiger partial charge in [-0.15, -0.1) is 0 Å². The molecule has 1 spiro atoms. The second-order valence-corrected chi connectivity index (χ2v) is 5.01. The van der Waals surface area contributed by atoms with Gasteiger partial charge in [0.05, 0.1) is 5.60 Å². The monoisotopic (exact) mass is 212 g/mol. The van der Waals surface area contributed by atoms with Gasteiger partial charge < -0.3 is 15.4 Å². The van der Waals surface area contributed by atoms with Crippen LogP contribution in [0.25, 0.3) is 0 Å². The zero-order chi connectivity index (χ0) is 10.6. The molecule has 0 amide bonds. The lowest BCUT2D eigenvalue weighted by Gasteiger charge is -2.45. The number of piperidine rings is 1. The maximum atomic E-state index is 6.04. The zero-order valence-corrected chi connectivity index (χ0v) is 9.71. The van der Waals surface area contributed by atoms with E-state index in [1.165, 1.54) is 38.6 Å². The number of ether oxygens (including phenoxy) is 1. The molecular weight excluding hydrogens is 188 g/mol. The van der Waals surface area contributed by atoms with E-state index >= 15 is 0 Å². The number of rotatable bonds is 3. The summed E-state index contributed by atoms with van der Waals surface area (Å²) in [6.07, 6.45) is 7.56. The molecule has 0 aromatic carbocycles. The van der Waals surface area contributed by atoms with E-state index in [1.54, 1.807) is 0 Å². The molecule has 2 N–H and O–H groups in total. The van der Waals surface area contributed by atoms with Crippen molar-refractivity contribution in [1.29, 1.82) is 0 Å². The number of likely N-dealkylation sites (tertiary alicyclic amines) is 1. The van der Waals surface area contributed by atoms with Gasteiger partial charge in [-0.25, -0.2) is 0 Å². The Morgan fingerprint density at radius 3 is 2.80 bits per heavy atom. The summed E-state index contributed by atoms with van der Waals surface area (Å²) in [7, 11) is 0. The molecule has 3 nitrogen and oxygen atoms in total. The molecule has 0 radical (unpaired) electrons. The molecule has 1 unspecified atom stereocenters. The SMILES string of the molecule is NCCCN1CCCC2(CCCCO2)C1. The molecule has 2 heterocycles. The average Bonchev–Trinajstić information content (AvgIpc) is 2.28. The van der Waals surface area contributed by atoms with E-state index in [1.807, 2.05) is 0 Å². The molecule has 88 valence electrons. The van der Waals surface area contributed by atoms with E-state index in [-0.39, 0.29) is 5.60 Å². The molecule has 0 aliphatic carbocycles. The third kappa shape index (κ3) is 2.92. The molecule has 0 aromatic rings. The summed E-state index contributed by atoms with van der Waals surface area (Å²) in [5.41, 5.74) is 5.77. The largest absolute Gasteiger partial charge is 0.374 e. The highest BCUT2D eigenvalue weighted by Crippen LogP contribution is 2.33. The van der Waals surface area contributed by atoms with Gasteiger partial charge in [-0.1, -0.05) is 0 Å². The van der Waals surface area contributed by atoms with Crippen LogP contribution in [0.3, 0.4) is 0 Å². The second-order valence-electron chi connectivity index (χ2n) is 5.01. The van der Waals surface area contributed by atoms with Crippen molar-refractivity contribution in [2.75, 3.05) is 32.8 Å². The van der Waals surface area contributed by atoms with Gasteiger partial charge in [-0.05, 0) is 58.2 Å². The van der Waals surface area contributed by atoms with E-state index in [0.29, 0.717) is 0 Å². The summed E-state index contributed by atoms with van der Waals surface area (Å²) in [6, 6.07) is 0. The minimum Gasteiger partial charge on any atom is -0.374 e. The summed E-state index contributed by atoms with van der Waals surface area (Å²) in [4.78, 5) is 2.54. The van der Waals surface area contributed by atoms with Crippen molar-refractivity contribution in [3.63, 3.8) is 0 Å². The van der Waals surface area contributed by atoms with Gasteiger partial charge in [0, 0.05) is 13.2 Å². The van der Waals surface area contributed by atoms with Gasteiger partial charge in [-0.3, -0.25) is 0 Å². The topological polar surface area (TPSA) is 38.5 Å². The van der Waals surface area contributed by atoms with Crippen LogP contribution in [0.5, 0.6) is 0 Å². The van der Waals surface area contributed by atoms with Crippen molar-refractivity contribution >= 4 is 0 Å². The molecule has 2 rings (SSSR count). The van der Waals surface area contributed by atoms with Gasteiger partial charge >= 0.3 is 0 Å². The van der Waals surface area contributed by atoms with Gasteiger partial charge in [-0.2, -0.15) is 0 Å². The minimum atomic E-state index is 0.213. The zero-order valence-electron chi connectivity index (χ0n) is 9.71. The Labute approximate surface area is 93.0 Å². The van der Waals surface area contributed by atoms with E-state index in [0.717, 1.165) is 32.7 Å². The number of nitrogens with two attached hydrogens (primary N) is 1. The third-order valence-corrected chi connectivity index (χ3v) is 3.73. The van der Waals surface area contributed by atoms with Crippen molar-refractivity contribution in [3.8, 4) is 0 Å². The first-order valence-electron chi connectivity index (χ1n) is 6.41. The van der Waals surface area contributed by atoms with Gasteiger partial charge in [0.2, 0.25) is 0 Å². The molecule has 0 saturated carbocycles. The molecule has 2 fully saturated rings. The van der Waals surface area contributed by atoms with E-state index < -0.39 is 0 Å². The normalized spacial score (nSPS) is 33.4. The van der Waals surface area contributed by atoms with Gasteiger partial charge in [0.15, 0.2) is 0 Å². The highest BCUT2D eigenvalue weighted by atomic mass is 16.5. The van der Waals surface area contributed by atoms with Crippen molar-refractivity contribution < 1.29 is 4.74 Å². The van der Waals surface area contributed by atoms with Crippen molar-refractivity contribution in [3.05, 3.63) is 0 Å². The van der Waals surface area contributed by atoms with Crippen LogP contribution in [0.1, 0.15) is 38.5 Å². The van der Waals surface area contributed by atoms with Crippen LogP contribution in [0, 0.1) is 0 Å². The highest BCUT2D eigenvalue weighted by molar-refractivity contribution is 4.90. The minimum absolute atomic E-state index is 0.213. The van der Waals surface area contributed by atoms with Gasteiger partial charge in [0.25, 0.3) is 0 Å². The maximum Gasteiger partial charge on any atom is 0.0809 e. The first-order valence-corrected chi connectivity index (χ1v) is 6.41. The fraction of sp³-hybridized carbons (Fsp3) is 1.00. The Morgan fingerprint density at radius 1 is 1.20 bits per heavy atom. The maximum absolute atomic E-state index is 6.04. The fourth-order valence-corrected chi connectivity index (χ4v) is 2.93. The highest BCUT2D eigenvalue weighted by Gasteiger charge is 2.37.